The Morgan fingerprint density at radius 1 is 1.30 bits per heavy atom. The number of pyridine rings is 1. The third-order valence-corrected chi connectivity index (χ3v) is 2.74. The van der Waals surface area contributed by atoms with Crippen molar-refractivity contribution in [2.45, 2.75) is 0 Å². The molecule has 1 heterocycles. The lowest BCUT2D eigenvalue weighted by molar-refractivity contribution is 0.167. The lowest BCUT2D eigenvalue weighted by atomic mass is 10.3. The fourth-order valence-electron chi connectivity index (χ4n) is 1.31. The van der Waals surface area contributed by atoms with Crippen LogP contribution in [0.25, 0.3) is 0 Å². The number of rotatable bonds is 3. The summed E-state index contributed by atoms with van der Waals surface area (Å²) in [6.45, 7) is 0. The van der Waals surface area contributed by atoms with E-state index >= 15 is 0 Å². The highest BCUT2D eigenvalue weighted by molar-refractivity contribution is 6.35. The van der Waals surface area contributed by atoms with Gasteiger partial charge in [0.1, 0.15) is 0 Å². The number of carbonyl (C=O) groups excluding carboxylic acids is 1. The fraction of sp³-hybridized carbons (Fsp3) is 0. The summed E-state index contributed by atoms with van der Waals surface area (Å²) in [7, 11) is 0. The number of carbonyl (C=O) groups is 1. The van der Waals surface area contributed by atoms with Gasteiger partial charge < -0.3 is 0 Å². The number of hydrogen-bond donors (Lipinski definition) is 1. The predicted octanol–water partition coefficient (Wildman–Crippen LogP) is 3.97. The van der Waals surface area contributed by atoms with Gasteiger partial charge in [0.25, 0.3) is 0 Å². The van der Waals surface area contributed by atoms with Crippen LogP contribution in [0.4, 0.5) is 10.5 Å². The predicted molar refractivity (Wildman–Crippen MR) is 78.4 cm³/mol. The van der Waals surface area contributed by atoms with Crippen LogP contribution >= 0.6 is 23.2 Å². The molecule has 1 N–H and O–H groups in total. The maximum atomic E-state index is 11.5. The van der Waals surface area contributed by atoms with Crippen molar-refractivity contribution in [3.05, 3.63) is 58.3 Å². The first-order valence-corrected chi connectivity index (χ1v) is 6.28. The molecule has 1 aromatic carbocycles. The Labute approximate surface area is 125 Å². The van der Waals surface area contributed by atoms with E-state index in [1.54, 1.807) is 36.5 Å². The van der Waals surface area contributed by atoms with Gasteiger partial charge in [0.05, 0.1) is 22.6 Å². The highest BCUT2D eigenvalue weighted by Crippen LogP contribution is 2.25. The summed E-state index contributed by atoms with van der Waals surface area (Å²) in [4.78, 5) is 20.1. The van der Waals surface area contributed by atoms with Gasteiger partial charge in [-0.1, -0.05) is 34.4 Å². The van der Waals surface area contributed by atoms with Gasteiger partial charge in [-0.3, -0.25) is 15.1 Å². The van der Waals surface area contributed by atoms with Crippen molar-refractivity contribution in [2.75, 3.05) is 5.32 Å². The van der Waals surface area contributed by atoms with E-state index in [1.165, 1.54) is 12.3 Å². The first-order chi connectivity index (χ1) is 9.65. The van der Waals surface area contributed by atoms with Crippen LogP contribution in [0.3, 0.4) is 0 Å². The zero-order valence-corrected chi connectivity index (χ0v) is 11.6. The van der Waals surface area contributed by atoms with Crippen LogP contribution in [0.2, 0.25) is 10.0 Å². The molecule has 20 heavy (non-hydrogen) atoms. The van der Waals surface area contributed by atoms with Gasteiger partial charge in [0, 0.05) is 11.2 Å². The zero-order chi connectivity index (χ0) is 14.4. The van der Waals surface area contributed by atoms with Gasteiger partial charge in [-0.15, -0.1) is 0 Å². The number of anilines is 1. The van der Waals surface area contributed by atoms with E-state index in [-0.39, 0.29) is 0 Å². The molecule has 1 aromatic heterocycles. The Bertz CT molecular complexity index is 633. The highest BCUT2D eigenvalue weighted by Gasteiger charge is 2.07. The molecule has 102 valence electrons. The summed E-state index contributed by atoms with van der Waals surface area (Å²) in [5.41, 5.74) is 0.915. The van der Waals surface area contributed by atoms with Gasteiger partial charge in [-0.2, -0.15) is 0 Å². The molecule has 0 fully saturated rings. The number of benzene rings is 1. The van der Waals surface area contributed by atoms with E-state index in [1.807, 2.05) is 0 Å². The maximum absolute atomic E-state index is 11.5. The van der Waals surface area contributed by atoms with Crippen molar-refractivity contribution in [3.8, 4) is 0 Å². The van der Waals surface area contributed by atoms with Gasteiger partial charge >= 0.3 is 6.09 Å². The van der Waals surface area contributed by atoms with Crippen LogP contribution in [-0.4, -0.2) is 17.3 Å². The quantitative estimate of drug-likeness (QED) is 0.530. The summed E-state index contributed by atoms with van der Waals surface area (Å²) in [5.74, 6) is 0. The summed E-state index contributed by atoms with van der Waals surface area (Å²) in [5, 5.41) is 6.73. The third kappa shape index (κ3) is 4.22. The van der Waals surface area contributed by atoms with Gasteiger partial charge in [-0.25, -0.2) is 4.79 Å². The van der Waals surface area contributed by atoms with E-state index in [4.69, 9.17) is 23.2 Å². The Kier molecular flexibility index (Phi) is 4.92. The topological polar surface area (TPSA) is 63.6 Å². The molecule has 0 aliphatic heterocycles. The van der Waals surface area contributed by atoms with E-state index in [0.717, 1.165) is 0 Å². The molecule has 0 radical (unpaired) electrons. The molecule has 1 amide bonds. The zero-order valence-electron chi connectivity index (χ0n) is 10.1. The number of amides is 1. The summed E-state index contributed by atoms with van der Waals surface area (Å²) < 4.78 is 0. The van der Waals surface area contributed by atoms with Crippen molar-refractivity contribution in [3.63, 3.8) is 0 Å². The minimum Gasteiger partial charge on any atom is -0.298 e. The Morgan fingerprint density at radius 3 is 2.90 bits per heavy atom. The monoisotopic (exact) mass is 309 g/mol. The molecule has 0 bridgehead atoms. The number of hydrogen-bond acceptors (Lipinski definition) is 4. The second-order valence-electron chi connectivity index (χ2n) is 3.62. The molecule has 2 rings (SSSR count). The van der Waals surface area contributed by atoms with Gasteiger partial charge in [0.2, 0.25) is 0 Å². The highest BCUT2D eigenvalue weighted by atomic mass is 35.5. The SMILES string of the molecule is O=C(Nc1cc(Cl)ccc1Cl)O/N=C/c1ccccn1. The van der Waals surface area contributed by atoms with Crippen LogP contribution in [0.15, 0.2) is 47.8 Å². The molecule has 5 nitrogen and oxygen atoms in total. The molecule has 0 saturated carbocycles. The average molecular weight is 310 g/mol. The van der Waals surface area contributed by atoms with Crippen LogP contribution in [0.5, 0.6) is 0 Å². The summed E-state index contributed by atoms with van der Waals surface area (Å²) in [6, 6.07) is 9.97. The summed E-state index contributed by atoms with van der Waals surface area (Å²) in [6.07, 6.45) is 2.15. The van der Waals surface area contributed by atoms with Crippen molar-refractivity contribution < 1.29 is 9.63 Å². The normalized spacial score (nSPS) is 10.5. The first kappa shape index (κ1) is 14.3. The molecule has 7 heteroatoms. The van der Waals surface area contributed by atoms with Crippen molar-refractivity contribution >= 4 is 41.2 Å². The van der Waals surface area contributed by atoms with E-state index in [2.05, 4.69) is 20.3 Å². The number of nitrogens with one attached hydrogen (secondary N) is 1. The van der Waals surface area contributed by atoms with E-state index in [9.17, 15) is 4.79 Å². The molecule has 0 aliphatic carbocycles. The Balaban J connectivity index is 1.93. The van der Waals surface area contributed by atoms with E-state index in [0.29, 0.717) is 21.4 Å². The molecular weight excluding hydrogens is 301 g/mol. The van der Waals surface area contributed by atoms with Crippen LogP contribution in [0, 0.1) is 0 Å². The van der Waals surface area contributed by atoms with Crippen LogP contribution in [-0.2, 0) is 4.84 Å². The standard InChI is InChI=1S/C13H9Cl2N3O2/c14-9-4-5-11(15)12(7-9)18-13(19)20-17-8-10-3-1-2-6-16-10/h1-8H,(H,18,19)/b17-8+. The minimum absolute atomic E-state index is 0.345. The largest absolute Gasteiger partial charge is 0.437 e. The molecule has 0 spiro atoms. The smallest absolute Gasteiger partial charge is 0.298 e. The Morgan fingerprint density at radius 2 is 2.15 bits per heavy atom. The number of halogens is 2. The van der Waals surface area contributed by atoms with E-state index < -0.39 is 6.09 Å². The second-order valence-corrected chi connectivity index (χ2v) is 4.46. The fourth-order valence-corrected chi connectivity index (χ4v) is 1.64. The second kappa shape index (κ2) is 6.88. The van der Waals surface area contributed by atoms with Crippen LogP contribution in [0.1, 0.15) is 5.69 Å². The van der Waals surface area contributed by atoms with Gasteiger partial charge in [0.15, 0.2) is 0 Å². The first-order valence-electron chi connectivity index (χ1n) is 5.52. The molecule has 0 atom stereocenters. The van der Waals surface area contributed by atoms with Crippen molar-refractivity contribution in [1.82, 2.24) is 4.98 Å². The van der Waals surface area contributed by atoms with Crippen molar-refractivity contribution in [1.29, 1.82) is 0 Å². The maximum Gasteiger partial charge on any atom is 0.437 e. The summed E-state index contributed by atoms with van der Waals surface area (Å²) >= 11 is 11.7. The Hall–Kier alpha value is -2.11. The minimum atomic E-state index is -0.777. The third-order valence-electron chi connectivity index (χ3n) is 2.17. The number of aromatic nitrogens is 1. The molecular formula is C13H9Cl2N3O2. The molecule has 2 aromatic rings. The molecule has 0 unspecified atom stereocenters. The van der Waals surface area contributed by atoms with Crippen molar-refractivity contribution in [2.24, 2.45) is 5.16 Å². The lowest BCUT2D eigenvalue weighted by Gasteiger charge is -2.05. The van der Waals surface area contributed by atoms with Gasteiger partial charge in [-0.05, 0) is 30.3 Å². The lowest BCUT2D eigenvalue weighted by Crippen LogP contribution is -2.11. The average Bonchev–Trinajstić information content (AvgIpc) is 2.44. The molecule has 0 saturated heterocycles. The number of nitrogens with zero attached hydrogens (tertiary/aromatic N) is 2. The molecule has 0 aliphatic rings. The van der Waals surface area contributed by atoms with Crippen LogP contribution < -0.4 is 5.32 Å². The number of oxime groups is 1.